The number of aryl methyl sites for hydroxylation is 1. The average molecular weight is 287 g/mol. The number of fused-ring (bicyclic) bond motifs is 1. The number of aromatic nitrogens is 2. The highest BCUT2D eigenvalue weighted by Crippen LogP contribution is 2.30. The second-order valence-corrected chi connectivity index (χ2v) is 4.91. The van der Waals surface area contributed by atoms with Gasteiger partial charge in [0.25, 0.3) is 0 Å². The highest BCUT2D eigenvalue weighted by molar-refractivity contribution is 6.35. The molecule has 100 valence electrons. The number of nitrogens with zero attached hydrogens (tertiary/aromatic N) is 2. The second-order valence-electron chi connectivity index (χ2n) is 4.50. The number of benzene rings is 1. The monoisotopic (exact) mass is 286 g/mol. The summed E-state index contributed by atoms with van der Waals surface area (Å²) in [5.74, 6) is -0.982. The standard InChI is InChI=1S/C15H11ClN2O2/c1-18-13-4-2-3-11(16)10(13)7-14(18)12-6-5-9(8-17-12)15(19)20/h2-8H,1H3,(H,19,20). The summed E-state index contributed by atoms with van der Waals surface area (Å²) in [6.45, 7) is 0. The Hall–Kier alpha value is -2.33. The van der Waals surface area contributed by atoms with E-state index >= 15 is 0 Å². The Labute approximate surface area is 120 Å². The SMILES string of the molecule is Cn1c(-c2ccc(C(=O)O)cn2)cc2c(Cl)cccc21. The second kappa shape index (κ2) is 4.65. The minimum absolute atomic E-state index is 0.172. The smallest absolute Gasteiger partial charge is 0.337 e. The van der Waals surface area contributed by atoms with E-state index in [2.05, 4.69) is 4.98 Å². The lowest BCUT2D eigenvalue weighted by molar-refractivity contribution is 0.0696. The third-order valence-electron chi connectivity index (χ3n) is 3.31. The molecule has 4 nitrogen and oxygen atoms in total. The molecule has 3 aromatic rings. The van der Waals surface area contributed by atoms with Crippen LogP contribution in [0, 0.1) is 0 Å². The molecule has 1 aromatic carbocycles. The van der Waals surface area contributed by atoms with Crippen LogP contribution in [0.4, 0.5) is 0 Å². The van der Waals surface area contributed by atoms with Crippen LogP contribution < -0.4 is 0 Å². The first-order chi connectivity index (χ1) is 9.58. The third kappa shape index (κ3) is 1.94. The molecule has 0 saturated heterocycles. The van der Waals surface area contributed by atoms with E-state index < -0.39 is 5.97 Å². The van der Waals surface area contributed by atoms with Gasteiger partial charge in [-0.25, -0.2) is 4.79 Å². The molecule has 0 unspecified atom stereocenters. The molecule has 0 spiro atoms. The zero-order chi connectivity index (χ0) is 14.3. The van der Waals surface area contributed by atoms with Gasteiger partial charge in [0.05, 0.1) is 17.0 Å². The number of hydrogen-bond donors (Lipinski definition) is 1. The maximum atomic E-state index is 10.8. The molecule has 0 aliphatic carbocycles. The van der Waals surface area contributed by atoms with Crippen molar-refractivity contribution in [1.29, 1.82) is 0 Å². The van der Waals surface area contributed by atoms with Gasteiger partial charge in [0, 0.05) is 29.2 Å². The van der Waals surface area contributed by atoms with E-state index in [-0.39, 0.29) is 5.56 Å². The lowest BCUT2D eigenvalue weighted by Gasteiger charge is -2.04. The third-order valence-corrected chi connectivity index (χ3v) is 3.64. The van der Waals surface area contributed by atoms with Crippen LogP contribution in [0.3, 0.4) is 0 Å². The molecular weight excluding hydrogens is 276 g/mol. The maximum absolute atomic E-state index is 10.8. The molecule has 5 heteroatoms. The fourth-order valence-corrected chi connectivity index (χ4v) is 2.47. The Bertz CT molecular complexity index is 807. The summed E-state index contributed by atoms with van der Waals surface area (Å²) in [5, 5.41) is 10.5. The molecule has 0 atom stereocenters. The summed E-state index contributed by atoms with van der Waals surface area (Å²) >= 11 is 6.19. The van der Waals surface area contributed by atoms with Crippen LogP contribution in [0.25, 0.3) is 22.3 Å². The van der Waals surface area contributed by atoms with Gasteiger partial charge in [0.15, 0.2) is 0 Å². The van der Waals surface area contributed by atoms with Crippen molar-refractivity contribution in [2.24, 2.45) is 7.05 Å². The molecule has 20 heavy (non-hydrogen) atoms. The predicted molar refractivity (Wildman–Crippen MR) is 78.1 cm³/mol. The molecule has 0 fully saturated rings. The quantitative estimate of drug-likeness (QED) is 0.783. The van der Waals surface area contributed by atoms with E-state index in [1.807, 2.05) is 35.9 Å². The molecule has 0 amide bonds. The zero-order valence-electron chi connectivity index (χ0n) is 10.7. The fourth-order valence-electron chi connectivity index (χ4n) is 2.24. The lowest BCUT2D eigenvalue weighted by atomic mass is 10.2. The Morgan fingerprint density at radius 3 is 2.70 bits per heavy atom. The summed E-state index contributed by atoms with van der Waals surface area (Å²) in [6, 6.07) is 10.9. The van der Waals surface area contributed by atoms with E-state index in [1.54, 1.807) is 12.1 Å². The molecular formula is C15H11ClN2O2. The Kier molecular flexibility index (Phi) is 2.95. The Morgan fingerprint density at radius 1 is 1.30 bits per heavy atom. The van der Waals surface area contributed by atoms with Gasteiger partial charge < -0.3 is 9.67 Å². The zero-order valence-corrected chi connectivity index (χ0v) is 11.4. The van der Waals surface area contributed by atoms with Gasteiger partial charge in [-0.3, -0.25) is 4.98 Å². The lowest BCUT2D eigenvalue weighted by Crippen LogP contribution is -1.98. The topological polar surface area (TPSA) is 55.1 Å². The number of pyridine rings is 1. The van der Waals surface area contributed by atoms with Crippen molar-refractivity contribution in [2.45, 2.75) is 0 Å². The van der Waals surface area contributed by atoms with Crippen LogP contribution in [0.15, 0.2) is 42.6 Å². The summed E-state index contributed by atoms with van der Waals surface area (Å²) in [7, 11) is 1.93. The number of carbonyl (C=O) groups is 1. The fraction of sp³-hybridized carbons (Fsp3) is 0.0667. The molecule has 0 radical (unpaired) electrons. The van der Waals surface area contributed by atoms with E-state index in [9.17, 15) is 4.79 Å². The van der Waals surface area contributed by atoms with E-state index in [1.165, 1.54) is 6.20 Å². The summed E-state index contributed by atoms with van der Waals surface area (Å²) in [5.41, 5.74) is 2.79. The van der Waals surface area contributed by atoms with E-state index in [4.69, 9.17) is 16.7 Å². The summed E-state index contributed by atoms with van der Waals surface area (Å²) in [6.07, 6.45) is 1.36. The molecule has 2 aromatic heterocycles. The number of rotatable bonds is 2. The molecule has 3 rings (SSSR count). The number of carboxylic acids is 1. The van der Waals surface area contributed by atoms with Crippen LogP contribution in [0.1, 0.15) is 10.4 Å². The predicted octanol–water partition coefficient (Wildman–Crippen LogP) is 3.59. The number of halogens is 1. The largest absolute Gasteiger partial charge is 0.478 e. The van der Waals surface area contributed by atoms with Gasteiger partial charge in [-0.2, -0.15) is 0 Å². The van der Waals surface area contributed by atoms with Crippen LogP contribution in [-0.2, 0) is 7.05 Å². The van der Waals surface area contributed by atoms with Crippen molar-refractivity contribution in [3.05, 3.63) is 53.2 Å². The van der Waals surface area contributed by atoms with Crippen molar-refractivity contribution >= 4 is 28.5 Å². The van der Waals surface area contributed by atoms with Gasteiger partial charge in [0.2, 0.25) is 0 Å². The molecule has 2 heterocycles. The first-order valence-corrected chi connectivity index (χ1v) is 6.39. The van der Waals surface area contributed by atoms with Crippen molar-refractivity contribution in [1.82, 2.24) is 9.55 Å². The minimum Gasteiger partial charge on any atom is -0.478 e. The van der Waals surface area contributed by atoms with Gasteiger partial charge in [-0.05, 0) is 30.3 Å². The first-order valence-electron chi connectivity index (χ1n) is 6.01. The van der Waals surface area contributed by atoms with E-state index in [0.29, 0.717) is 10.7 Å². The van der Waals surface area contributed by atoms with Crippen LogP contribution in [0.5, 0.6) is 0 Å². The highest BCUT2D eigenvalue weighted by atomic mass is 35.5. The van der Waals surface area contributed by atoms with Crippen molar-refractivity contribution in [3.8, 4) is 11.4 Å². The highest BCUT2D eigenvalue weighted by Gasteiger charge is 2.11. The molecule has 0 saturated carbocycles. The van der Waals surface area contributed by atoms with E-state index in [0.717, 1.165) is 16.6 Å². The normalized spacial score (nSPS) is 10.9. The minimum atomic E-state index is -0.982. The van der Waals surface area contributed by atoms with Crippen LogP contribution in [0.2, 0.25) is 5.02 Å². The maximum Gasteiger partial charge on any atom is 0.337 e. The van der Waals surface area contributed by atoms with Crippen molar-refractivity contribution < 1.29 is 9.90 Å². The molecule has 0 aliphatic rings. The number of hydrogen-bond acceptors (Lipinski definition) is 2. The average Bonchev–Trinajstić information content (AvgIpc) is 2.78. The Morgan fingerprint density at radius 2 is 2.10 bits per heavy atom. The number of carboxylic acid groups (broad SMARTS) is 1. The van der Waals surface area contributed by atoms with Gasteiger partial charge in [-0.1, -0.05) is 17.7 Å². The molecule has 0 bridgehead atoms. The van der Waals surface area contributed by atoms with Crippen LogP contribution >= 0.6 is 11.6 Å². The molecule has 0 aliphatic heterocycles. The summed E-state index contributed by atoms with van der Waals surface area (Å²) in [4.78, 5) is 15.0. The number of aromatic carboxylic acids is 1. The molecule has 1 N–H and O–H groups in total. The first kappa shape index (κ1) is 12.7. The van der Waals surface area contributed by atoms with Gasteiger partial charge >= 0.3 is 5.97 Å². The van der Waals surface area contributed by atoms with Gasteiger partial charge in [0.1, 0.15) is 0 Å². The van der Waals surface area contributed by atoms with Crippen molar-refractivity contribution in [3.63, 3.8) is 0 Å². The summed E-state index contributed by atoms with van der Waals surface area (Å²) < 4.78 is 1.99. The van der Waals surface area contributed by atoms with Gasteiger partial charge in [-0.15, -0.1) is 0 Å². The van der Waals surface area contributed by atoms with Crippen LogP contribution in [-0.4, -0.2) is 20.6 Å². The van der Waals surface area contributed by atoms with Crippen molar-refractivity contribution in [2.75, 3.05) is 0 Å². The Balaban J connectivity index is 2.17.